The van der Waals surface area contributed by atoms with Gasteiger partial charge in [-0.2, -0.15) is 0 Å². The number of aryl methyl sites for hydroxylation is 1. The van der Waals surface area contributed by atoms with Gasteiger partial charge in [0.05, 0.1) is 17.6 Å². The molecule has 4 nitrogen and oxygen atoms in total. The molecule has 0 aliphatic carbocycles. The fraction of sp³-hybridized carbons (Fsp3) is 0.750. The minimum absolute atomic E-state index is 0.572. The number of rotatable bonds is 7. The lowest BCUT2D eigenvalue weighted by molar-refractivity contribution is 0.0321. The second-order valence-electron chi connectivity index (χ2n) is 4.21. The van der Waals surface area contributed by atoms with Crippen molar-refractivity contribution < 1.29 is 5.11 Å². The Hall–Kier alpha value is -0.870. The first kappa shape index (κ1) is 13.2. The summed E-state index contributed by atoms with van der Waals surface area (Å²) in [5.74, 6) is 0. The van der Waals surface area contributed by atoms with Gasteiger partial charge in [0.1, 0.15) is 0 Å². The van der Waals surface area contributed by atoms with Crippen LogP contribution in [0.1, 0.15) is 39.3 Å². The molecular weight excluding hydrogens is 202 g/mol. The fourth-order valence-corrected chi connectivity index (χ4v) is 1.70. The standard InChI is InChI=1S/C12H23N3O/c1-4-12(16,5-2)9-13-7-11-8-14-10-15(11)6-3/h8,10,13,16H,4-7,9H2,1-3H3. The summed E-state index contributed by atoms with van der Waals surface area (Å²) >= 11 is 0. The van der Waals surface area contributed by atoms with E-state index >= 15 is 0 Å². The van der Waals surface area contributed by atoms with Crippen molar-refractivity contribution in [2.24, 2.45) is 0 Å². The molecule has 0 aromatic carbocycles. The maximum Gasteiger partial charge on any atom is 0.0948 e. The van der Waals surface area contributed by atoms with Gasteiger partial charge in [-0.1, -0.05) is 13.8 Å². The van der Waals surface area contributed by atoms with Gasteiger partial charge < -0.3 is 15.0 Å². The summed E-state index contributed by atoms with van der Waals surface area (Å²) in [7, 11) is 0. The summed E-state index contributed by atoms with van der Waals surface area (Å²) in [5.41, 5.74) is 0.592. The predicted octanol–water partition coefficient (Wildman–Crippen LogP) is 1.54. The van der Waals surface area contributed by atoms with Crippen LogP contribution in [0.15, 0.2) is 12.5 Å². The van der Waals surface area contributed by atoms with E-state index in [0.717, 1.165) is 31.6 Å². The molecule has 0 aliphatic rings. The van der Waals surface area contributed by atoms with Gasteiger partial charge in [0, 0.05) is 25.8 Å². The van der Waals surface area contributed by atoms with E-state index in [-0.39, 0.29) is 0 Å². The second kappa shape index (κ2) is 6.01. The molecule has 1 heterocycles. The van der Waals surface area contributed by atoms with Gasteiger partial charge in [-0.15, -0.1) is 0 Å². The summed E-state index contributed by atoms with van der Waals surface area (Å²) < 4.78 is 2.10. The van der Waals surface area contributed by atoms with E-state index < -0.39 is 5.60 Å². The van der Waals surface area contributed by atoms with Gasteiger partial charge in [-0.25, -0.2) is 4.98 Å². The van der Waals surface area contributed by atoms with E-state index in [0.29, 0.717) is 6.54 Å². The Morgan fingerprint density at radius 3 is 2.62 bits per heavy atom. The van der Waals surface area contributed by atoms with Crippen molar-refractivity contribution in [1.29, 1.82) is 0 Å². The molecule has 0 aliphatic heterocycles. The van der Waals surface area contributed by atoms with Gasteiger partial charge in [0.25, 0.3) is 0 Å². The van der Waals surface area contributed by atoms with Crippen LogP contribution >= 0.6 is 0 Å². The van der Waals surface area contributed by atoms with Crippen molar-refractivity contribution >= 4 is 0 Å². The number of aromatic nitrogens is 2. The summed E-state index contributed by atoms with van der Waals surface area (Å²) in [6, 6.07) is 0. The maximum absolute atomic E-state index is 10.1. The molecule has 0 radical (unpaired) electrons. The van der Waals surface area contributed by atoms with Crippen LogP contribution in [-0.2, 0) is 13.1 Å². The zero-order valence-corrected chi connectivity index (χ0v) is 10.5. The van der Waals surface area contributed by atoms with Crippen LogP contribution in [0.25, 0.3) is 0 Å². The molecule has 2 N–H and O–H groups in total. The summed E-state index contributed by atoms with van der Waals surface area (Å²) in [5, 5.41) is 13.4. The first-order valence-electron chi connectivity index (χ1n) is 6.07. The van der Waals surface area contributed by atoms with Crippen molar-refractivity contribution in [3.8, 4) is 0 Å². The highest BCUT2D eigenvalue weighted by Crippen LogP contribution is 2.13. The molecule has 0 saturated carbocycles. The van der Waals surface area contributed by atoms with Gasteiger partial charge in [-0.05, 0) is 19.8 Å². The SMILES string of the molecule is CCn1cncc1CNCC(O)(CC)CC. The molecule has 1 aromatic heterocycles. The zero-order chi connectivity index (χ0) is 12.0. The van der Waals surface area contributed by atoms with E-state index in [1.54, 1.807) is 0 Å². The molecule has 1 aromatic rings. The van der Waals surface area contributed by atoms with E-state index in [1.807, 2.05) is 26.4 Å². The first-order valence-corrected chi connectivity index (χ1v) is 6.07. The highest BCUT2D eigenvalue weighted by Gasteiger charge is 2.21. The van der Waals surface area contributed by atoms with E-state index in [4.69, 9.17) is 0 Å². The van der Waals surface area contributed by atoms with Crippen molar-refractivity contribution in [3.05, 3.63) is 18.2 Å². The number of imidazole rings is 1. The predicted molar refractivity (Wildman–Crippen MR) is 65.1 cm³/mol. The van der Waals surface area contributed by atoms with Gasteiger partial charge in [-0.3, -0.25) is 0 Å². The van der Waals surface area contributed by atoms with Gasteiger partial charge in [0.15, 0.2) is 0 Å². The van der Waals surface area contributed by atoms with Crippen LogP contribution in [0.4, 0.5) is 0 Å². The lowest BCUT2D eigenvalue weighted by atomic mass is 9.98. The molecule has 0 unspecified atom stereocenters. The number of nitrogens with one attached hydrogen (secondary N) is 1. The molecule has 0 fully saturated rings. The van der Waals surface area contributed by atoms with Gasteiger partial charge in [0.2, 0.25) is 0 Å². The molecule has 0 amide bonds. The summed E-state index contributed by atoms with van der Waals surface area (Å²) in [6.45, 7) is 8.45. The van der Waals surface area contributed by atoms with Crippen LogP contribution in [0.2, 0.25) is 0 Å². The highest BCUT2D eigenvalue weighted by atomic mass is 16.3. The Bertz CT molecular complexity index is 305. The lowest BCUT2D eigenvalue weighted by Gasteiger charge is -2.25. The average molecular weight is 225 g/mol. The third kappa shape index (κ3) is 3.32. The first-order chi connectivity index (χ1) is 7.65. The Morgan fingerprint density at radius 1 is 1.38 bits per heavy atom. The Morgan fingerprint density at radius 2 is 2.06 bits per heavy atom. The lowest BCUT2D eigenvalue weighted by Crippen LogP contribution is -2.39. The Labute approximate surface area is 97.7 Å². The second-order valence-corrected chi connectivity index (χ2v) is 4.21. The monoisotopic (exact) mass is 225 g/mol. The fourth-order valence-electron chi connectivity index (χ4n) is 1.70. The largest absolute Gasteiger partial charge is 0.389 e. The van der Waals surface area contributed by atoms with E-state index in [9.17, 15) is 5.11 Å². The minimum Gasteiger partial charge on any atom is -0.389 e. The van der Waals surface area contributed by atoms with Crippen LogP contribution in [0.5, 0.6) is 0 Å². The maximum atomic E-state index is 10.1. The zero-order valence-electron chi connectivity index (χ0n) is 10.5. The molecule has 0 bridgehead atoms. The van der Waals surface area contributed by atoms with Crippen molar-refractivity contribution in [1.82, 2.24) is 14.9 Å². The van der Waals surface area contributed by atoms with Crippen LogP contribution < -0.4 is 5.32 Å². The minimum atomic E-state index is -0.572. The molecule has 0 spiro atoms. The van der Waals surface area contributed by atoms with Gasteiger partial charge >= 0.3 is 0 Å². The Balaban J connectivity index is 2.41. The molecule has 0 saturated heterocycles. The van der Waals surface area contributed by atoms with Crippen molar-refractivity contribution in [2.75, 3.05) is 6.54 Å². The quantitative estimate of drug-likeness (QED) is 0.740. The van der Waals surface area contributed by atoms with Crippen molar-refractivity contribution in [2.45, 2.75) is 52.3 Å². The smallest absolute Gasteiger partial charge is 0.0948 e. The number of hydrogen-bond acceptors (Lipinski definition) is 3. The normalized spacial score (nSPS) is 12.0. The van der Waals surface area contributed by atoms with E-state index in [2.05, 4.69) is 21.8 Å². The molecule has 0 atom stereocenters. The number of aliphatic hydroxyl groups is 1. The average Bonchev–Trinajstić information content (AvgIpc) is 2.76. The van der Waals surface area contributed by atoms with E-state index in [1.165, 1.54) is 0 Å². The van der Waals surface area contributed by atoms with Crippen molar-refractivity contribution in [3.63, 3.8) is 0 Å². The third-order valence-corrected chi connectivity index (χ3v) is 3.22. The molecule has 92 valence electrons. The molecule has 4 heteroatoms. The molecular formula is C12H23N3O. The Kier molecular flexibility index (Phi) is 4.96. The number of nitrogens with zero attached hydrogens (tertiary/aromatic N) is 2. The summed E-state index contributed by atoms with van der Waals surface area (Å²) in [4.78, 5) is 4.11. The third-order valence-electron chi connectivity index (χ3n) is 3.22. The van der Waals surface area contributed by atoms with Crippen LogP contribution in [0.3, 0.4) is 0 Å². The molecule has 1 rings (SSSR count). The summed E-state index contributed by atoms with van der Waals surface area (Å²) in [6.07, 6.45) is 5.27. The van der Waals surface area contributed by atoms with Crippen LogP contribution in [-0.4, -0.2) is 26.8 Å². The topological polar surface area (TPSA) is 50.1 Å². The van der Waals surface area contributed by atoms with Crippen LogP contribution in [0, 0.1) is 0 Å². The highest BCUT2D eigenvalue weighted by molar-refractivity contribution is 4.98. The number of hydrogen-bond donors (Lipinski definition) is 2. The molecule has 16 heavy (non-hydrogen) atoms.